The van der Waals surface area contributed by atoms with E-state index >= 15 is 0 Å². The molecule has 1 aromatic carbocycles. The van der Waals surface area contributed by atoms with Gasteiger partial charge in [-0.15, -0.1) is 0 Å². The topological polar surface area (TPSA) is 35.2 Å². The van der Waals surface area contributed by atoms with Gasteiger partial charge in [0.25, 0.3) is 0 Å². The summed E-state index contributed by atoms with van der Waals surface area (Å²) < 4.78 is 6.56. The van der Waals surface area contributed by atoms with Crippen molar-refractivity contribution in [3.63, 3.8) is 0 Å². The number of hydrogen-bond donors (Lipinski definition) is 1. The molecule has 0 aliphatic heterocycles. The Morgan fingerprint density at radius 2 is 2.31 bits per heavy atom. The van der Waals surface area contributed by atoms with E-state index in [9.17, 15) is 0 Å². The zero-order valence-electron chi connectivity index (χ0n) is 7.51. The van der Waals surface area contributed by atoms with Crippen LogP contribution in [0.4, 0.5) is 0 Å². The van der Waals surface area contributed by atoms with Gasteiger partial charge in [-0.3, -0.25) is 0 Å². The number of rotatable bonds is 1. The molecule has 2 N–H and O–H groups in total. The molecule has 0 bridgehead atoms. The van der Waals surface area contributed by atoms with Gasteiger partial charge >= 0.3 is 0 Å². The molecule has 1 aliphatic rings. The summed E-state index contributed by atoms with van der Waals surface area (Å²) in [6.07, 6.45) is 2.10. The van der Waals surface area contributed by atoms with E-state index in [2.05, 4.69) is 28.7 Å². The minimum absolute atomic E-state index is 0.206. The van der Waals surface area contributed by atoms with Crippen LogP contribution in [-0.4, -0.2) is 7.11 Å². The Hall–Kier alpha value is -0.290. The zero-order chi connectivity index (χ0) is 9.42. The summed E-state index contributed by atoms with van der Waals surface area (Å²) >= 11 is 2.34. The Kier molecular flexibility index (Phi) is 2.47. The Labute approximate surface area is 91.6 Å². The van der Waals surface area contributed by atoms with Crippen molar-refractivity contribution in [3.8, 4) is 5.75 Å². The van der Waals surface area contributed by atoms with E-state index in [-0.39, 0.29) is 6.04 Å². The Morgan fingerprint density at radius 1 is 1.54 bits per heavy atom. The third kappa shape index (κ3) is 1.44. The van der Waals surface area contributed by atoms with Gasteiger partial charge in [0.2, 0.25) is 0 Å². The molecule has 0 aromatic heterocycles. The summed E-state index contributed by atoms with van der Waals surface area (Å²) in [5.74, 6) is 0.989. The lowest BCUT2D eigenvalue weighted by atomic mass is 10.1. The summed E-state index contributed by atoms with van der Waals surface area (Å²) in [4.78, 5) is 0. The largest absolute Gasteiger partial charge is 0.496 e. The van der Waals surface area contributed by atoms with Gasteiger partial charge in [-0.1, -0.05) is 0 Å². The molecular formula is C10H12INO. The molecule has 70 valence electrons. The minimum Gasteiger partial charge on any atom is -0.496 e. The Balaban J connectivity index is 2.59. The predicted molar refractivity (Wildman–Crippen MR) is 61.0 cm³/mol. The maximum Gasteiger partial charge on any atom is 0.122 e. The summed E-state index contributed by atoms with van der Waals surface area (Å²) in [6, 6.07) is 4.30. The second kappa shape index (κ2) is 3.46. The van der Waals surface area contributed by atoms with Crippen molar-refractivity contribution in [2.45, 2.75) is 18.9 Å². The van der Waals surface area contributed by atoms with Crippen molar-refractivity contribution in [1.82, 2.24) is 0 Å². The van der Waals surface area contributed by atoms with Crippen molar-refractivity contribution in [2.24, 2.45) is 5.73 Å². The van der Waals surface area contributed by atoms with Gasteiger partial charge in [0, 0.05) is 9.61 Å². The Morgan fingerprint density at radius 3 is 3.00 bits per heavy atom. The first-order chi connectivity index (χ1) is 6.24. The van der Waals surface area contributed by atoms with Crippen LogP contribution < -0.4 is 10.5 Å². The highest BCUT2D eigenvalue weighted by Gasteiger charge is 2.24. The number of fused-ring (bicyclic) bond motifs is 1. The van der Waals surface area contributed by atoms with E-state index in [1.165, 1.54) is 14.7 Å². The van der Waals surface area contributed by atoms with Gasteiger partial charge in [0.1, 0.15) is 5.75 Å². The summed E-state index contributed by atoms with van der Waals surface area (Å²) in [7, 11) is 1.71. The molecule has 0 radical (unpaired) electrons. The molecule has 1 atom stereocenters. The highest BCUT2D eigenvalue weighted by molar-refractivity contribution is 14.1. The van der Waals surface area contributed by atoms with Crippen molar-refractivity contribution < 1.29 is 4.74 Å². The average molecular weight is 289 g/mol. The van der Waals surface area contributed by atoms with E-state index in [0.29, 0.717) is 0 Å². The molecule has 0 amide bonds. The highest BCUT2D eigenvalue weighted by Crippen LogP contribution is 2.38. The van der Waals surface area contributed by atoms with Crippen molar-refractivity contribution in [2.75, 3.05) is 7.11 Å². The summed E-state index contributed by atoms with van der Waals surface area (Å²) in [5, 5.41) is 0. The normalized spacial score (nSPS) is 20.1. The number of hydrogen-bond acceptors (Lipinski definition) is 2. The van der Waals surface area contributed by atoms with Crippen molar-refractivity contribution in [1.29, 1.82) is 0 Å². The van der Waals surface area contributed by atoms with Gasteiger partial charge in [0.05, 0.1) is 7.11 Å². The average Bonchev–Trinajstić information content (AvgIpc) is 2.50. The standard InChI is InChI=1S/C10H12INO/c1-13-9-5-3-7(11)10-6(9)2-4-8(10)12/h3,5,8H,2,4,12H2,1H3. The molecular weight excluding hydrogens is 277 g/mol. The molecule has 0 spiro atoms. The SMILES string of the molecule is COc1ccc(I)c2c1CCC2N. The van der Waals surface area contributed by atoms with Crippen LogP contribution in [0.1, 0.15) is 23.6 Å². The molecule has 2 nitrogen and oxygen atoms in total. The second-order valence-corrected chi connectivity index (χ2v) is 4.45. The van der Waals surface area contributed by atoms with Crippen molar-refractivity contribution >= 4 is 22.6 Å². The molecule has 1 aliphatic carbocycles. The van der Waals surface area contributed by atoms with E-state index in [1.54, 1.807) is 7.11 Å². The highest BCUT2D eigenvalue weighted by atomic mass is 127. The van der Waals surface area contributed by atoms with E-state index in [1.807, 2.05) is 6.07 Å². The van der Waals surface area contributed by atoms with Crippen LogP contribution in [0.5, 0.6) is 5.75 Å². The molecule has 0 heterocycles. The van der Waals surface area contributed by atoms with Gasteiger partial charge in [-0.05, 0) is 58.7 Å². The van der Waals surface area contributed by atoms with Crippen LogP contribution in [0.25, 0.3) is 0 Å². The minimum atomic E-state index is 0.206. The lowest BCUT2D eigenvalue weighted by Gasteiger charge is -2.10. The predicted octanol–water partition coefficient (Wildman–Crippen LogP) is 2.25. The fourth-order valence-corrected chi connectivity index (χ4v) is 2.82. The van der Waals surface area contributed by atoms with Crippen LogP contribution in [0.2, 0.25) is 0 Å². The molecule has 13 heavy (non-hydrogen) atoms. The first-order valence-corrected chi connectivity index (χ1v) is 5.42. The number of benzene rings is 1. The molecule has 0 saturated heterocycles. The van der Waals surface area contributed by atoms with Gasteiger partial charge < -0.3 is 10.5 Å². The van der Waals surface area contributed by atoms with Crippen LogP contribution in [0.3, 0.4) is 0 Å². The van der Waals surface area contributed by atoms with Gasteiger partial charge in [0.15, 0.2) is 0 Å². The van der Waals surface area contributed by atoms with Crippen LogP contribution in [0, 0.1) is 3.57 Å². The number of ether oxygens (including phenoxy) is 1. The zero-order valence-corrected chi connectivity index (χ0v) is 9.67. The number of nitrogens with two attached hydrogens (primary N) is 1. The maximum absolute atomic E-state index is 6.01. The third-order valence-corrected chi connectivity index (χ3v) is 3.50. The second-order valence-electron chi connectivity index (χ2n) is 3.29. The van der Waals surface area contributed by atoms with Gasteiger partial charge in [-0.2, -0.15) is 0 Å². The lowest BCUT2D eigenvalue weighted by Crippen LogP contribution is -2.07. The summed E-state index contributed by atoms with van der Waals surface area (Å²) in [6.45, 7) is 0. The molecule has 1 unspecified atom stereocenters. The monoisotopic (exact) mass is 289 g/mol. The maximum atomic E-state index is 6.01. The molecule has 1 aromatic rings. The first kappa shape index (κ1) is 9.27. The van der Waals surface area contributed by atoms with Crippen LogP contribution >= 0.6 is 22.6 Å². The molecule has 2 rings (SSSR count). The number of methoxy groups -OCH3 is 1. The van der Waals surface area contributed by atoms with E-state index in [0.717, 1.165) is 18.6 Å². The molecule has 0 fully saturated rings. The lowest BCUT2D eigenvalue weighted by molar-refractivity contribution is 0.410. The summed E-state index contributed by atoms with van der Waals surface area (Å²) in [5.41, 5.74) is 8.61. The fourth-order valence-electron chi connectivity index (χ4n) is 1.91. The van der Waals surface area contributed by atoms with Gasteiger partial charge in [-0.25, -0.2) is 0 Å². The van der Waals surface area contributed by atoms with E-state index < -0.39 is 0 Å². The van der Waals surface area contributed by atoms with Crippen LogP contribution in [0.15, 0.2) is 12.1 Å². The number of halogens is 1. The first-order valence-electron chi connectivity index (χ1n) is 4.35. The van der Waals surface area contributed by atoms with Crippen LogP contribution in [-0.2, 0) is 6.42 Å². The fraction of sp³-hybridized carbons (Fsp3) is 0.400. The molecule has 0 saturated carbocycles. The molecule has 3 heteroatoms. The van der Waals surface area contributed by atoms with E-state index in [4.69, 9.17) is 10.5 Å². The van der Waals surface area contributed by atoms with Crippen molar-refractivity contribution in [3.05, 3.63) is 26.8 Å². The third-order valence-electron chi connectivity index (χ3n) is 2.56. The smallest absolute Gasteiger partial charge is 0.122 e. The quantitative estimate of drug-likeness (QED) is 0.805. The Bertz CT molecular complexity index is 338.